The predicted octanol–water partition coefficient (Wildman–Crippen LogP) is 5.69. The minimum Gasteiger partial charge on any atom is -0.325 e. The van der Waals surface area contributed by atoms with Crippen molar-refractivity contribution >= 4 is 34.1 Å². The molecular formula is C23H30N4OS. The second-order valence-corrected chi connectivity index (χ2v) is 8.15. The highest BCUT2D eigenvalue weighted by Gasteiger charge is 2.13. The molecule has 1 N–H and O–H groups in total. The summed E-state index contributed by atoms with van der Waals surface area (Å²) in [5.74, 6) is 1.32. The summed E-state index contributed by atoms with van der Waals surface area (Å²) < 4.78 is 2.13. The van der Waals surface area contributed by atoms with Gasteiger partial charge in [-0.25, -0.2) is 0 Å². The molecule has 0 aliphatic heterocycles. The van der Waals surface area contributed by atoms with Crippen molar-refractivity contribution in [1.29, 1.82) is 0 Å². The number of unbranched alkanes of at least 4 members (excludes halogenated alkanes) is 4. The van der Waals surface area contributed by atoms with Crippen molar-refractivity contribution in [2.75, 3.05) is 11.1 Å². The Labute approximate surface area is 177 Å². The Kier molecular flexibility index (Phi) is 8.11. The number of thioether (sulfide) groups is 1. The van der Waals surface area contributed by atoms with Gasteiger partial charge in [0.05, 0.1) is 5.75 Å². The normalized spacial score (nSPS) is 11.1. The van der Waals surface area contributed by atoms with Gasteiger partial charge >= 0.3 is 0 Å². The molecule has 0 aliphatic rings. The summed E-state index contributed by atoms with van der Waals surface area (Å²) >= 11 is 1.45. The van der Waals surface area contributed by atoms with Gasteiger partial charge in [-0.3, -0.25) is 4.79 Å². The SMILES string of the molecule is CCCCCCCc1nnc(SCC(=O)Nc2ccc3ccccc3c2)n1CC. The quantitative estimate of drug-likeness (QED) is 0.326. The molecule has 154 valence electrons. The zero-order valence-electron chi connectivity index (χ0n) is 17.4. The number of nitrogens with one attached hydrogen (secondary N) is 1. The van der Waals surface area contributed by atoms with Crippen molar-refractivity contribution in [3.8, 4) is 0 Å². The maximum atomic E-state index is 12.4. The topological polar surface area (TPSA) is 59.8 Å². The van der Waals surface area contributed by atoms with Gasteiger partial charge in [-0.05, 0) is 36.2 Å². The van der Waals surface area contributed by atoms with Crippen LogP contribution in [0.5, 0.6) is 0 Å². The number of fused-ring (bicyclic) bond motifs is 1. The van der Waals surface area contributed by atoms with Crippen LogP contribution in [0.4, 0.5) is 5.69 Å². The molecule has 0 aliphatic carbocycles. The molecule has 6 heteroatoms. The van der Waals surface area contributed by atoms with E-state index < -0.39 is 0 Å². The fourth-order valence-corrected chi connectivity index (χ4v) is 4.23. The molecule has 0 radical (unpaired) electrons. The number of rotatable bonds is 11. The molecule has 3 rings (SSSR count). The summed E-state index contributed by atoms with van der Waals surface area (Å²) in [4.78, 5) is 12.4. The first-order chi connectivity index (χ1) is 14.2. The molecule has 0 spiro atoms. The second-order valence-electron chi connectivity index (χ2n) is 7.21. The number of amides is 1. The molecule has 1 amide bonds. The Hall–Kier alpha value is -2.34. The van der Waals surface area contributed by atoms with E-state index in [1.165, 1.54) is 37.4 Å². The van der Waals surface area contributed by atoms with Gasteiger partial charge < -0.3 is 9.88 Å². The lowest BCUT2D eigenvalue weighted by Gasteiger charge is -2.08. The Morgan fingerprint density at radius 2 is 1.79 bits per heavy atom. The second kappa shape index (κ2) is 11.0. The first-order valence-electron chi connectivity index (χ1n) is 10.5. The van der Waals surface area contributed by atoms with Crippen molar-refractivity contribution < 1.29 is 4.79 Å². The molecule has 0 unspecified atom stereocenters. The number of hydrogen-bond donors (Lipinski definition) is 1. The Bertz CT molecular complexity index is 938. The Balaban J connectivity index is 1.52. The average Bonchev–Trinajstić information content (AvgIpc) is 3.13. The predicted molar refractivity (Wildman–Crippen MR) is 121 cm³/mol. The fourth-order valence-electron chi connectivity index (χ4n) is 3.41. The van der Waals surface area contributed by atoms with Gasteiger partial charge in [0.2, 0.25) is 5.91 Å². The largest absolute Gasteiger partial charge is 0.325 e. The summed E-state index contributed by atoms with van der Waals surface area (Å²) in [6, 6.07) is 14.1. The Morgan fingerprint density at radius 3 is 2.59 bits per heavy atom. The zero-order valence-corrected chi connectivity index (χ0v) is 18.2. The lowest BCUT2D eigenvalue weighted by Crippen LogP contribution is -2.14. The van der Waals surface area contributed by atoms with Crippen LogP contribution in [0.15, 0.2) is 47.6 Å². The summed E-state index contributed by atoms with van der Waals surface area (Å²) in [7, 11) is 0. The summed E-state index contributed by atoms with van der Waals surface area (Å²) in [6.07, 6.45) is 7.18. The minimum absolute atomic E-state index is 0.0305. The number of benzene rings is 2. The van der Waals surface area contributed by atoms with Crippen LogP contribution < -0.4 is 5.32 Å². The monoisotopic (exact) mass is 410 g/mol. The standard InChI is InChI=1S/C23H30N4OS/c1-3-5-6-7-8-13-21-25-26-23(27(21)4-2)29-17-22(28)24-20-15-14-18-11-9-10-12-19(18)16-20/h9-12,14-16H,3-8,13,17H2,1-2H3,(H,24,28). The van der Waals surface area contributed by atoms with Crippen LogP contribution in [-0.2, 0) is 17.8 Å². The van der Waals surface area contributed by atoms with E-state index in [9.17, 15) is 4.79 Å². The van der Waals surface area contributed by atoms with Gasteiger partial charge in [-0.1, -0.05) is 74.7 Å². The number of carbonyl (C=O) groups excluding carboxylic acids is 1. The first-order valence-corrected chi connectivity index (χ1v) is 11.5. The minimum atomic E-state index is -0.0305. The van der Waals surface area contributed by atoms with Crippen LogP contribution in [0.25, 0.3) is 10.8 Å². The highest BCUT2D eigenvalue weighted by atomic mass is 32.2. The molecule has 0 atom stereocenters. The van der Waals surface area contributed by atoms with Crippen molar-refractivity contribution in [2.45, 2.75) is 64.1 Å². The van der Waals surface area contributed by atoms with E-state index in [2.05, 4.69) is 40.0 Å². The van der Waals surface area contributed by atoms with Crippen LogP contribution in [0.3, 0.4) is 0 Å². The maximum Gasteiger partial charge on any atom is 0.234 e. The van der Waals surface area contributed by atoms with Gasteiger partial charge in [0.25, 0.3) is 0 Å². The number of anilines is 1. The lowest BCUT2D eigenvalue weighted by atomic mass is 10.1. The third kappa shape index (κ3) is 6.07. The van der Waals surface area contributed by atoms with Crippen LogP contribution in [0.1, 0.15) is 51.8 Å². The Morgan fingerprint density at radius 1 is 1.00 bits per heavy atom. The number of carbonyl (C=O) groups is 1. The van der Waals surface area contributed by atoms with Crippen LogP contribution in [0, 0.1) is 0 Å². The molecule has 0 bridgehead atoms. The number of nitrogens with zero attached hydrogens (tertiary/aromatic N) is 3. The molecule has 0 saturated heterocycles. The van der Waals surface area contributed by atoms with E-state index >= 15 is 0 Å². The van der Waals surface area contributed by atoms with Crippen LogP contribution >= 0.6 is 11.8 Å². The zero-order chi connectivity index (χ0) is 20.5. The van der Waals surface area contributed by atoms with E-state index in [0.29, 0.717) is 5.75 Å². The highest BCUT2D eigenvalue weighted by molar-refractivity contribution is 7.99. The molecule has 0 fully saturated rings. The number of aryl methyl sites for hydroxylation is 1. The summed E-state index contributed by atoms with van der Waals surface area (Å²) in [5.41, 5.74) is 0.819. The molecule has 2 aromatic carbocycles. The molecule has 0 saturated carbocycles. The van der Waals surface area contributed by atoms with Gasteiger partial charge in [0.1, 0.15) is 5.82 Å². The maximum absolute atomic E-state index is 12.4. The van der Waals surface area contributed by atoms with E-state index in [4.69, 9.17) is 0 Å². The molecule has 29 heavy (non-hydrogen) atoms. The van der Waals surface area contributed by atoms with Gasteiger partial charge in [0, 0.05) is 18.7 Å². The van der Waals surface area contributed by atoms with Crippen LogP contribution in [-0.4, -0.2) is 26.4 Å². The number of hydrogen-bond acceptors (Lipinski definition) is 4. The molecule has 5 nitrogen and oxygen atoms in total. The molecule has 1 heterocycles. The average molecular weight is 411 g/mol. The third-order valence-electron chi connectivity index (χ3n) is 4.98. The molecule has 1 aromatic heterocycles. The number of aromatic nitrogens is 3. The van der Waals surface area contributed by atoms with Gasteiger partial charge in [0.15, 0.2) is 5.16 Å². The van der Waals surface area contributed by atoms with Crippen molar-refractivity contribution in [3.05, 3.63) is 48.3 Å². The summed E-state index contributed by atoms with van der Waals surface area (Å²) in [6.45, 7) is 5.16. The van der Waals surface area contributed by atoms with Crippen molar-refractivity contribution in [2.24, 2.45) is 0 Å². The van der Waals surface area contributed by atoms with Crippen molar-refractivity contribution in [3.63, 3.8) is 0 Å². The molecule has 3 aromatic rings. The fraction of sp³-hybridized carbons (Fsp3) is 0.435. The van der Waals surface area contributed by atoms with Gasteiger partial charge in [-0.2, -0.15) is 0 Å². The smallest absolute Gasteiger partial charge is 0.234 e. The lowest BCUT2D eigenvalue weighted by molar-refractivity contribution is -0.113. The van der Waals surface area contributed by atoms with E-state index in [1.54, 1.807) is 0 Å². The third-order valence-corrected chi connectivity index (χ3v) is 5.95. The van der Waals surface area contributed by atoms with E-state index in [0.717, 1.165) is 46.8 Å². The van der Waals surface area contributed by atoms with Gasteiger partial charge in [-0.15, -0.1) is 10.2 Å². The first kappa shape index (κ1) is 21.4. The summed E-state index contributed by atoms with van der Waals surface area (Å²) in [5, 5.41) is 14.8. The van der Waals surface area contributed by atoms with Crippen molar-refractivity contribution in [1.82, 2.24) is 14.8 Å². The van der Waals surface area contributed by atoms with E-state index in [-0.39, 0.29) is 5.91 Å². The highest BCUT2D eigenvalue weighted by Crippen LogP contribution is 2.21. The molecular weight excluding hydrogens is 380 g/mol. The van der Waals surface area contributed by atoms with E-state index in [1.807, 2.05) is 36.4 Å². The van der Waals surface area contributed by atoms with Crippen LogP contribution in [0.2, 0.25) is 0 Å².